The first-order valence-corrected chi connectivity index (χ1v) is 5.95. The average molecular weight is 237 g/mol. The van der Waals surface area contributed by atoms with Crippen LogP contribution >= 0.6 is 0 Å². The monoisotopic (exact) mass is 237 g/mol. The normalized spacial score (nSPS) is 10.2. The Kier molecular flexibility index (Phi) is 5.39. The van der Waals surface area contributed by atoms with Crippen LogP contribution in [0.15, 0.2) is 12.4 Å². The molecule has 0 aromatic carbocycles. The molecule has 0 fully saturated rings. The standard InChI is InChI=1S/C12H19N3O2/c1-3-5-10-8-11(14-9-13-10)15(4-2)7-6-12(16)17/h8-9H,3-7H2,1-2H3,(H,16,17). The molecule has 1 aromatic heterocycles. The summed E-state index contributed by atoms with van der Waals surface area (Å²) < 4.78 is 0. The SMILES string of the molecule is CCCc1cc(N(CC)CCC(=O)O)ncn1. The fourth-order valence-corrected chi connectivity index (χ4v) is 1.62. The zero-order valence-corrected chi connectivity index (χ0v) is 10.4. The summed E-state index contributed by atoms with van der Waals surface area (Å²) in [5.74, 6) is 0.0264. The maximum Gasteiger partial charge on any atom is 0.305 e. The number of carboxylic acid groups (broad SMARTS) is 1. The predicted octanol–water partition coefficient (Wildman–Crippen LogP) is 1.73. The number of aromatic nitrogens is 2. The Morgan fingerprint density at radius 3 is 2.76 bits per heavy atom. The van der Waals surface area contributed by atoms with Crippen molar-refractivity contribution in [2.75, 3.05) is 18.0 Å². The smallest absolute Gasteiger partial charge is 0.305 e. The molecule has 0 aliphatic heterocycles. The van der Waals surface area contributed by atoms with E-state index in [0.29, 0.717) is 6.54 Å². The van der Waals surface area contributed by atoms with Gasteiger partial charge in [0.15, 0.2) is 0 Å². The number of rotatable bonds is 7. The van der Waals surface area contributed by atoms with Crippen LogP contribution in [-0.2, 0) is 11.2 Å². The van der Waals surface area contributed by atoms with E-state index >= 15 is 0 Å². The third-order valence-corrected chi connectivity index (χ3v) is 2.52. The van der Waals surface area contributed by atoms with Crippen molar-refractivity contribution in [1.82, 2.24) is 9.97 Å². The van der Waals surface area contributed by atoms with Gasteiger partial charge in [-0.3, -0.25) is 4.79 Å². The molecular weight excluding hydrogens is 218 g/mol. The number of aliphatic carboxylic acids is 1. The van der Waals surface area contributed by atoms with Crippen molar-refractivity contribution in [2.24, 2.45) is 0 Å². The van der Waals surface area contributed by atoms with E-state index in [1.54, 1.807) is 6.33 Å². The van der Waals surface area contributed by atoms with Gasteiger partial charge in [-0.15, -0.1) is 0 Å². The Hall–Kier alpha value is -1.65. The summed E-state index contributed by atoms with van der Waals surface area (Å²) in [4.78, 5) is 20.9. The number of carbonyl (C=O) groups is 1. The first-order chi connectivity index (χ1) is 8.17. The highest BCUT2D eigenvalue weighted by Gasteiger charge is 2.08. The quantitative estimate of drug-likeness (QED) is 0.782. The van der Waals surface area contributed by atoms with Gasteiger partial charge in [0.1, 0.15) is 12.1 Å². The summed E-state index contributed by atoms with van der Waals surface area (Å²) in [5, 5.41) is 8.68. The van der Waals surface area contributed by atoms with Gasteiger partial charge in [-0.25, -0.2) is 9.97 Å². The van der Waals surface area contributed by atoms with Crippen molar-refractivity contribution in [3.63, 3.8) is 0 Å². The lowest BCUT2D eigenvalue weighted by Gasteiger charge is -2.21. The summed E-state index contributed by atoms with van der Waals surface area (Å²) in [6.45, 7) is 5.32. The van der Waals surface area contributed by atoms with Crippen molar-refractivity contribution in [3.8, 4) is 0 Å². The lowest BCUT2D eigenvalue weighted by atomic mass is 10.2. The molecule has 0 spiro atoms. The molecule has 1 rings (SSSR count). The summed E-state index contributed by atoms with van der Waals surface area (Å²) in [7, 11) is 0. The minimum absolute atomic E-state index is 0.126. The van der Waals surface area contributed by atoms with Crippen LogP contribution in [0.2, 0.25) is 0 Å². The molecule has 0 atom stereocenters. The van der Waals surface area contributed by atoms with E-state index in [4.69, 9.17) is 5.11 Å². The summed E-state index contributed by atoms with van der Waals surface area (Å²) in [6, 6.07) is 1.94. The van der Waals surface area contributed by atoms with E-state index in [2.05, 4.69) is 16.9 Å². The maximum absolute atomic E-state index is 10.6. The van der Waals surface area contributed by atoms with Gasteiger partial charge in [-0.2, -0.15) is 0 Å². The molecule has 5 heteroatoms. The number of carboxylic acids is 1. The van der Waals surface area contributed by atoms with Crippen LogP contribution in [0.4, 0.5) is 5.82 Å². The minimum Gasteiger partial charge on any atom is -0.481 e. The van der Waals surface area contributed by atoms with Gasteiger partial charge in [-0.1, -0.05) is 13.3 Å². The van der Waals surface area contributed by atoms with Crippen molar-refractivity contribution in [2.45, 2.75) is 33.1 Å². The largest absolute Gasteiger partial charge is 0.481 e. The van der Waals surface area contributed by atoms with E-state index in [-0.39, 0.29) is 6.42 Å². The third kappa shape index (κ3) is 4.38. The van der Waals surface area contributed by atoms with Gasteiger partial charge < -0.3 is 10.0 Å². The number of nitrogens with zero attached hydrogens (tertiary/aromatic N) is 3. The molecule has 0 aliphatic carbocycles. The van der Waals surface area contributed by atoms with E-state index in [1.807, 2.05) is 17.9 Å². The van der Waals surface area contributed by atoms with Gasteiger partial charge in [0.05, 0.1) is 6.42 Å². The zero-order chi connectivity index (χ0) is 12.7. The number of hydrogen-bond donors (Lipinski definition) is 1. The van der Waals surface area contributed by atoms with Crippen LogP contribution in [0.3, 0.4) is 0 Å². The molecule has 0 bridgehead atoms. The Labute approximate surface area is 102 Å². The predicted molar refractivity (Wildman–Crippen MR) is 66.2 cm³/mol. The average Bonchev–Trinajstić information content (AvgIpc) is 2.30. The number of aryl methyl sites for hydroxylation is 1. The van der Waals surface area contributed by atoms with Crippen LogP contribution in [0.25, 0.3) is 0 Å². The van der Waals surface area contributed by atoms with Crippen LogP contribution in [-0.4, -0.2) is 34.1 Å². The topological polar surface area (TPSA) is 66.3 Å². The molecule has 1 heterocycles. The zero-order valence-electron chi connectivity index (χ0n) is 10.4. The van der Waals surface area contributed by atoms with Gasteiger partial charge in [0.25, 0.3) is 0 Å². The molecule has 1 N–H and O–H groups in total. The van der Waals surface area contributed by atoms with Gasteiger partial charge in [0, 0.05) is 24.8 Å². The molecule has 0 amide bonds. The van der Waals surface area contributed by atoms with E-state index < -0.39 is 5.97 Å². The molecule has 94 valence electrons. The molecule has 0 aliphatic rings. The third-order valence-electron chi connectivity index (χ3n) is 2.52. The first-order valence-electron chi connectivity index (χ1n) is 5.95. The fraction of sp³-hybridized carbons (Fsp3) is 0.583. The van der Waals surface area contributed by atoms with Gasteiger partial charge in [-0.05, 0) is 13.3 Å². The van der Waals surface area contributed by atoms with Crippen LogP contribution < -0.4 is 4.90 Å². The molecule has 5 nitrogen and oxygen atoms in total. The highest BCUT2D eigenvalue weighted by molar-refractivity contribution is 5.67. The van der Waals surface area contributed by atoms with Crippen molar-refractivity contribution < 1.29 is 9.90 Å². The summed E-state index contributed by atoms with van der Waals surface area (Å²) in [6.07, 6.45) is 3.63. The van der Waals surface area contributed by atoms with Gasteiger partial charge in [0.2, 0.25) is 0 Å². The molecule has 1 aromatic rings. The first kappa shape index (κ1) is 13.4. The molecule has 0 unspecified atom stereocenters. The highest BCUT2D eigenvalue weighted by atomic mass is 16.4. The molecular formula is C12H19N3O2. The lowest BCUT2D eigenvalue weighted by molar-refractivity contribution is -0.136. The Bertz CT molecular complexity index is 369. The molecule has 0 saturated heterocycles. The van der Waals surface area contributed by atoms with Crippen LogP contribution in [0.1, 0.15) is 32.4 Å². The Morgan fingerprint density at radius 1 is 1.41 bits per heavy atom. The second-order valence-electron chi connectivity index (χ2n) is 3.84. The summed E-state index contributed by atoms with van der Waals surface area (Å²) in [5.41, 5.74) is 1.01. The van der Waals surface area contributed by atoms with Gasteiger partial charge >= 0.3 is 5.97 Å². The maximum atomic E-state index is 10.6. The summed E-state index contributed by atoms with van der Waals surface area (Å²) >= 11 is 0. The lowest BCUT2D eigenvalue weighted by Crippen LogP contribution is -2.26. The van der Waals surface area contributed by atoms with Crippen LogP contribution in [0.5, 0.6) is 0 Å². The molecule has 0 radical (unpaired) electrons. The number of anilines is 1. The van der Waals surface area contributed by atoms with Crippen molar-refractivity contribution >= 4 is 11.8 Å². The highest BCUT2D eigenvalue weighted by Crippen LogP contribution is 2.12. The second-order valence-corrected chi connectivity index (χ2v) is 3.84. The van der Waals surface area contributed by atoms with E-state index in [9.17, 15) is 4.79 Å². The fourth-order valence-electron chi connectivity index (χ4n) is 1.62. The minimum atomic E-state index is -0.786. The molecule has 0 saturated carbocycles. The second kappa shape index (κ2) is 6.83. The Balaban J connectivity index is 2.73. The van der Waals surface area contributed by atoms with Crippen LogP contribution in [0, 0.1) is 0 Å². The number of hydrogen-bond acceptors (Lipinski definition) is 4. The Morgan fingerprint density at radius 2 is 2.18 bits per heavy atom. The van der Waals surface area contributed by atoms with Crippen molar-refractivity contribution in [1.29, 1.82) is 0 Å². The van der Waals surface area contributed by atoms with E-state index in [1.165, 1.54) is 0 Å². The van der Waals surface area contributed by atoms with E-state index in [0.717, 1.165) is 30.9 Å². The van der Waals surface area contributed by atoms with Crippen molar-refractivity contribution in [3.05, 3.63) is 18.1 Å². The molecule has 17 heavy (non-hydrogen) atoms.